The zero-order chi connectivity index (χ0) is 22.8. The molecule has 8 nitrogen and oxygen atoms in total. The molecule has 1 aliphatic heterocycles. The maximum Gasteiger partial charge on any atom is 0.414 e. The molecule has 5 rings (SSSR count). The Morgan fingerprint density at radius 1 is 1.12 bits per heavy atom. The molecule has 8 heteroatoms. The first-order chi connectivity index (χ1) is 16.1. The summed E-state index contributed by atoms with van der Waals surface area (Å²) in [4.78, 5) is 30.9. The highest BCUT2D eigenvalue weighted by molar-refractivity contribution is 6.07. The second-order valence-electron chi connectivity index (χ2n) is 7.76. The van der Waals surface area contributed by atoms with Crippen molar-refractivity contribution >= 4 is 29.0 Å². The molecule has 1 aliphatic rings. The molecule has 2 aromatic carbocycles. The van der Waals surface area contributed by atoms with E-state index in [9.17, 15) is 9.59 Å². The lowest BCUT2D eigenvalue weighted by molar-refractivity contribution is 0.102. The number of anilines is 2. The second-order valence-corrected chi connectivity index (χ2v) is 7.76. The Balaban J connectivity index is 1.29. The van der Waals surface area contributed by atoms with Gasteiger partial charge in [-0.2, -0.15) is 0 Å². The number of carbonyl (C=O) groups is 2. The third-order valence-corrected chi connectivity index (χ3v) is 5.34. The molecule has 1 saturated heterocycles. The molecule has 33 heavy (non-hydrogen) atoms. The number of nitrogens with zero attached hydrogens (tertiary/aromatic N) is 3. The minimum absolute atomic E-state index is 0.283. The molecule has 0 unspecified atom stereocenters. The van der Waals surface area contributed by atoms with Crippen LogP contribution in [0.1, 0.15) is 21.6 Å². The number of imidazole rings is 1. The van der Waals surface area contributed by atoms with Crippen molar-refractivity contribution in [3.05, 3.63) is 89.9 Å². The van der Waals surface area contributed by atoms with Crippen molar-refractivity contribution in [3.63, 3.8) is 0 Å². The van der Waals surface area contributed by atoms with Crippen LogP contribution in [-0.4, -0.2) is 34.5 Å². The fourth-order valence-electron chi connectivity index (χ4n) is 3.73. The minimum Gasteiger partial charge on any atom is -0.487 e. The van der Waals surface area contributed by atoms with Gasteiger partial charge in [-0.25, -0.2) is 9.78 Å². The van der Waals surface area contributed by atoms with Crippen LogP contribution in [0.15, 0.2) is 73.1 Å². The third-order valence-electron chi connectivity index (χ3n) is 5.34. The van der Waals surface area contributed by atoms with Crippen molar-refractivity contribution in [2.75, 3.05) is 23.4 Å². The van der Waals surface area contributed by atoms with Crippen LogP contribution in [0, 0.1) is 6.92 Å². The van der Waals surface area contributed by atoms with E-state index in [1.54, 1.807) is 42.5 Å². The molecular weight excluding hydrogens is 420 g/mol. The number of aryl methyl sites for hydroxylation is 1. The molecule has 0 bridgehead atoms. The second kappa shape index (κ2) is 8.66. The van der Waals surface area contributed by atoms with Gasteiger partial charge in [-0.1, -0.05) is 24.3 Å². The number of aromatic nitrogens is 2. The third kappa shape index (κ3) is 4.36. The molecule has 0 aliphatic carbocycles. The quantitative estimate of drug-likeness (QED) is 0.478. The number of cyclic esters (lactones) is 1. The topological polar surface area (TPSA) is 85.2 Å². The predicted octanol–water partition coefficient (Wildman–Crippen LogP) is 4.43. The summed E-state index contributed by atoms with van der Waals surface area (Å²) in [5.41, 5.74) is 4.37. The van der Waals surface area contributed by atoms with E-state index < -0.39 is 6.09 Å². The lowest BCUT2D eigenvalue weighted by Crippen LogP contribution is -2.25. The van der Waals surface area contributed by atoms with Crippen LogP contribution < -0.4 is 15.0 Å². The van der Waals surface area contributed by atoms with Gasteiger partial charge in [0.1, 0.15) is 24.6 Å². The Kier molecular flexibility index (Phi) is 5.40. The number of rotatable bonds is 6. The molecule has 2 amide bonds. The number of ether oxygens (including phenoxy) is 2. The van der Waals surface area contributed by atoms with E-state index in [1.807, 2.05) is 41.9 Å². The van der Waals surface area contributed by atoms with Gasteiger partial charge in [0.15, 0.2) is 0 Å². The Morgan fingerprint density at radius 3 is 2.85 bits per heavy atom. The predicted molar refractivity (Wildman–Crippen MR) is 124 cm³/mol. The maximum absolute atomic E-state index is 12.9. The van der Waals surface area contributed by atoms with Crippen LogP contribution in [0.4, 0.5) is 16.2 Å². The molecule has 4 aromatic rings. The average Bonchev–Trinajstić information content (AvgIpc) is 3.43. The molecule has 0 atom stereocenters. The molecule has 0 radical (unpaired) electrons. The van der Waals surface area contributed by atoms with Gasteiger partial charge in [0, 0.05) is 18.0 Å². The first kappa shape index (κ1) is 20.6. The van der Waals surface area contributed by atoms with Crippen molar-refractivity contribution in [1.82, 2.24) is 9.38 Å². The molecule has 166 valence electrons. The number of nitrogens with one attached hydrogen (secondary N) is 1. The number of carbonyl (C=O) groups excluding carboxylic acids is 2. The van der Waals surface area contributed by atoms with Crippen LogP contribution in [0.3, 0.4) is 0 Å². The lowest BCUT2D eigenvalue weighted by Gasteiger charge is -2.17. The van der Waals surface area contributed by atoms with Crippen LogP contribution in [0.25, 0.3) is 5.65 Å². The van der Waals surface area contributed by atoms with E-state index >= 15 is 0 Å². The molecule has 2 aromatic heterocycles. The van der Waals surface area contributed by atoms with Gasteiger partial charge in [0.25, 0.3) is 5.91 Å². The number of hydrogen-bond donors (Lipinski definition) is 1. The van der Waals surface area contributed by atoms with Gasteiger partial charge in [-0.3, -0.25) is 9.69 Å². The van der Waals surface area contributed by atoms with E-state index in [-0.39, 0.29) is 12.5 Å². The standard InChI is InChI=1S/C25H22N4O4/c1-17-9-10-23-26-19(15-28(23)14-17)16-33-20-6-4-5-18(13-20)24(30)27-21-7-2-3-8-22(21)29-11-12-32-25(29)31/h2-10,13-15H,11-12,16H2,1H3,(H,27,30). The number of fused-ring (bicyclic) bond motifs is 1. The average molecular weight is 442 g/mol. The van der Waals surface area contributed by atoms with E-state index in [0.717, 1.165) is 16.9 Å². The van der Waals surface area contributed by atoms with Gasteiger partial charge in [-0.15, -0.1) is 0 Å². The van der Waals surface area contributed by atoms with E-state index in [0.29, 0.717) is 35.8 Å². The van der Waals surface area contributed by atoms with Crippen LogP contribution in [-0.2, 0) is 11.3 Å². The monoisotopic (exact) mass is 442 g/mol. The van der Waals surface area contributed by atoms with Crippen molar-refractivity contribution in [3.8, 4) is 5.75 Å². The maximum atomic E-state index is 12.9. The van der Waals surface area contributed by atoms with E-state index in [1.165, 1.54) is 4.90 Å². The summed E-state index contributed by atoms with van der Waals surface area (Å²) in [5, 5.41) is 2.89. The summed E-state index contributed by atoms with van der Waals surface area (Å²) < 4.78 is 12.9. The van der Waals surface area contributed by atoms with Crippen LogP contribution in [0.2, 0.25) is 0 Å². The van der Waals surface area contributed by atoms with Crippen molar-refractivity contribution < 1.29 is 19.1 Å². The highest BCUT2D eigenvalue weighted by atomic mass is 16.6. The normalized spacial score (nSPS) is 13.2. The molecule has 3 heterocycles. The largest absolute Gasteiger partial charge is 0.487 e. The zero-order valence-corrected chi connectivity index (χ0v) is 18.0. The Hall–Kier alpha value is -4.33. The summed E-state index contributed by atoms with van der Waals surface area (Å²) >= 11 is 0. The smallest absolute Gasteiger partial charge is 0.414 e. The van der Waals surface area contributed by atoms with Crippen molar-refractivity contribution in [2.24, 2.45) is 0 Å². The molecule has 1 fully saturated rings. The van der Waals surface area contributed by atoms with Crippen molar-refractivity contribution in [2.45, 2.75) is 13.5 Å². The summed E-state index contributed by atoms with van der Waals surface area (Å²) in [5.74, 6) is 0.260. The number of benzene rings is 2. The lowest BCUT2D eigenvalue weighted by atomic mass is 10.2. The van der Waals surface area contributed by atoms with Crippen LogP contribution in [0.5, 0.6) is 5.75 Å². The van der Waals surface area contributed by atoms with E-state index in [4.69, 9.17) is 9.47 Å². The van der Waals surface area contributed by atoms with Gasteiger partial charge in [-0.05, 0) is 48.9 Å². The minimum atomic E-state index is -0.422. The Labute approximate surface area is 190 Å². The Bertz CT molecular complexity index is 1350. The summed E-state index contributed by atoms with van der Waals surface area (Å²) in [6, 6.07) is 18.1. The number of hydrogen-bond acceptors (Lipinski definition) is 5. The summed E-state index contributed by atoms with van der Waals surface area (Å²) in [7, 11) is 0. The van der Waals surface area contributed by atoms with Gasteiger partial charge >= 0.3 is 6.09 Å². The van der Waals surface area contributed by atoms with Gasteiger partial charge < -0.3 is 19.2 Å². The zero-order valence-electron chi connectivity index (χ0n) is 18.0. The van der Waals surface area contributed by atoms with Crippen molar-refractivity contribution in [1.29, 1.82) is 0 Å². The molecule has 1 N–H and O–H groups in total. The fraction of sp³-hybridized carbons (Fsp3) is 0.160. The molecular formula is C25H22N4O4. The number of pyridine rings is 1. The van der Waals surface area contributed by atoms with Crippen LogP contribution >= 0.6 is 0 Å². The summed E-state index contributed by atoms with van der Waals surface area (Å²) in [6.45, 7) is 3.08. The summed E-state index contributed by atoms with van der Waals surface area (Å²) in [6.07, 6.45) is 3.52. The number of amides is 2. The highest BCUT2D eigenvalue weighted by Crippen LogP contribution is 2.28. The Morgan fingerprint density at radius 2 is 2.00 bits per heavy atom. The fourth-order valence-corrected chi connectivity index (χ4v) is 3.73. The molecule has 0 saturated carbocycles. The van der Waals surface area contributed by atoms with Gasteiger partial charge in [0.05, 0.1) is 23.6 Å². The number of para-hydroxylation sites is 2. The first-order valence-electron chi connectivity index (χ1n) is 10.6. The first-order valence-corrected chi connectivity index (χ1v) is 10.6. The highest BCUT2D eigenvalue weighted by Gasteiger charge is 2.26. The van der Waals surface area contributed by atoms with E-state index in [2.05, 4.69) is 10.3 Å². The SMILES string of the molecule is Cc1ccc2nc(COc3cccc(C(=O)Nc4ccccc4N4CCOC4=O)c3)cn2c1. The van der Waals surface area contributed by atoms with Gasteiger partial charge in [0.2, 0.25) is 0 Å². The molecule has 0 spiro atoms.